The third-order valence-electron chi connectivity index (χ3n) is 1.88. The molecule has 1 heterocycles. The second-order valence-electron chi connectivity index (χ2n) is 3.76. The highest BCUT2D eigenvalue weighted by Gasteiger charge is 2.02. The van der Waals surface area contributed by atoms with E-state index >= 15 is 0 Å². The Bertz CT molecular complexity index is 240. The third-order valence-corrected chi connectivity index (χ3v) is 3.32. The van der Waals surface area contributed by atoms with Gasteiger partial charge in [-0.25, -0.2) is 0 Å². The Hall–Kier alpha value is -0.0100. The summed E-state index contributed by atoms with van der Waals surface area (Å²) in [5, 5.41) is 0. The minimum Gasteiger partial charge on any atom is -0.145 e. The van der Waals surface area contributed by atoms with Crippen molar-refractivity contribution in [1.82, 2.24) is 0 Å². The molecule has 1 aromatic rings. The van der Waals surface area contributed by atoms with Crippen LogP contribution in [0.1, 0.15) is 30.0 Å². The summed E-state index contributed by atoms with van der Waals surface area (Å²) in [7, 11) is 0. The van der Waals surface area contributed by atoms with Crippen molar-refractivity contribution in [2.24, 2.45) is 5.92 Å². The molecule has 0 aromatic carbocycles. The molecule has 2 heteroatoms. The van der Waals surface area contributed by atoms with Crippen LogP contribution < -0.4 is 0 Å². The van der Waals surface area contributed by atoms with Gasteiger partial charge in [0, 0.05) is 15.6 Å². The van der Waals surface area contributed by atoms with Crippen LogP contribution in [0.5, 0.6) is 0 Å². The van der Waals surface area contributed by atoms with Crippen LogP contribution in [0, 0.1) is 5.92 Å². The molecular weight excluding hydrogens is 200 g/mol. The number of hydrogen-bond donors (Lipinski definition) is 0. The van der Waals surface area contributed by atoms with Gasteiger partial charge in [-0.1, -0.05) is 13.8 Å². The molecule has 0 N–H and O–H groups in total. The lowest BCUT2D eigenvalue weighted by atomic mass is 10.1. The summed E-state index contributed by atoms with van der Waals surface area (Å²) >= 11 is 7.59. The molecule has 13 heavy (non-hydrogen) atoms. The van der Waals surface area contributed by atoms with Crippen molar-refractivity contribution in [3.8, 4) is 0 Å². The predicted octanol–water partition coefficient (Wildman–Crippen LogP) is 4.12. The largest absolute Gasteiger partial charge is 0.145 e. The van der Waals surface area contributed by atoms with Gasteiger partial charge in [0.15, 0.2) is 0 Å². The predicted molar refractivity (Wildman–Crippen MR) is 61.9 cm³/mol. The first kappa shape index (κ1) is 11.1. The van der Waals surface area contributed by atoms with Crippen molar-refractivity contribution >= 4 is 22.9 Å². The van der Waals surface area contributed by atoms with Crippen molar-refractivity contribution in [3.05, 3.63) is 21.9 Å². The highest BCUT2D eigenvalue weighted by Crippen LogP contribution is 2.20. The second kappa shape index (κ2) is 5.66. The van der Waals surface area contributed by atoms with Gasteiger partial charge in [0.05, 0.1) is 0 Å². The molecule has 0 atom stereocenters. The molecule has 0 nitrogen and oxygen atoms in total. The fraction of sp³-hybridized carbons (Fsp3) is 0.636. The van der Waals surface area contributed by atoms with E-state index in [4.69, 9.17) is 11.6 Å². The first-order valence-electron chi connectivity index (χ1n) is 4.86. The monoisotopic (exact) mass is 216 g/mol. The maximum atomic E-state index is 5.65. The van der Waals surface area contributed by atoms with Crippen LogP contribution in [0.2, 0.25) is 0 Å². The van der Waals surface area contributed by atoms with Crippen LogP contribution in [0.25, 0.3) is 0 Å². The topological polar surface area (TPSA) is 0 Å². The zero-order valence-corrected chi connectivity index (χ0v) is 9.92. The molecule has 0 saturated heterocycles. The molecular formula is C11H17ClS. The van der Waals surface area contributed by atoms with Gasteiger partial charge in [-0.2, -0.15) is 0 Å². The van der Waals surface area contributed by atoms with Crippen LogP contribution >= 0.6 is 22.9 Å². The maximum absolute atomic E-state index is 5.65. The molecule has 0 saturated carbocycles. The fourth-order valence-electron chi connectivity index (χ4n) is 1.31. The standard InChI is InChI=1S/C11H17ClS/c1-9(2)8-11-6-5-10(13-11)4-3-7-12/h5-6,9H,3-4,7-8H2,1-2H3. The van der Waals surface area contributed by atoms with E-state index in [0.717, 1.165) is 24.6 Å². The molecule has 74 valence electrons. The quantitative estimate of drug-likeness (QED) is 0.650. The lowest BCUT2D eigenvalue weighted by molar-refractivity contribution is 0.654. The van der Waals surface area contributed by atoms with Crippen molar-refractivity contribution < 1.29 is 0 Å². The van der Waals surface area contributed by atoms with E-state index in [9.17, 15) is 0 Å². The summed E-state index contributed by atoms with van der Waals surface area (Å²) < 4.78 is 0. The fourth-order valence-corrected chi connectivity index (χ4v) is 2.72. The van der Waals surface area contributed by atoms with Crippen LogP contribution in [-0.2, 0) is 12.8 Å². The number of halogens is 1. The number of rotatable bonds is 5. The Balaban J connectivity index is 2.44. The normalized spacial score (nSPS) is 11.1. The molecule has 0 bridgehead atoms. The van der Waals surface area contributed by atoms with E-state index < -0.39 is 0 Å². The minimum absolute atomic E-state index is 0.763. The first-order valence-corrected chi connectivity index (χ1v) is 6.21. The summed E-state index contributed by atoms with van der Waals surface area (Å²) in [6.45, 7) is 4.52. The minimum atomic E-state index is 0.763. The molecule has 0 aliphatic rings. The summed E-state index contributed by atoms with van der Waals surface area (Å²) in [5.41, 5.74) is 0. The Kier molecular flexibility index (Phi) is 4.82. The number of hydrogen-bond acceptors (Lipinski definition) is 1. The summed E-state index contributed by atoms with van der Waals surface area (Å²) in [5.74, 6) is 1.54. The van der Waals surface area contributed by atoms with Crippen molar-refractivity contribution in [1.29, 1.82) is 0 Å². The molecule has 0 aliphatic heterocycles. The zero-order valence-electron chi connectivity index (χ0n) is 8.35. The highest BCUT2D eigenvalue weighted by molar-refractivity contribution is 7.11. The molecule has 0 aliphatic carbocycles. The van der Waals surface area contributed by atoms with Crippen LogP contribution in [0.15, 0.2) is 12.1 Å². The van der Waals surface area contributed by atoms with Crippen LogP contribution in [0.4, 0.5) is 0 Å². The van der Waals surface area contributed by atoms with Gasteiger partial charge in [-0.3, -0.25) is 0 Å². The number of aryl methyl sites for hydroxylation is 1. The lowest BCUT2D eigenvalue weighted by Crippen LogP contribution is -1.89. The van der Waals surface area contributed by atoms with E-state index in [0.29, 0.717) is 0 Å². The molecule has 1 aromatic heterocycles. The smallest absolute Gasteiger partial charge is 0.0226 e. The van der Waals surface area contributed by atoms with Gasteiger partial charge in [0.1, 0.15) is 0 Å². The van der Waals surface area contributed by atoms with E-state index in [1.165, 1.54) is 16.2 Å². The van der Waals surface area contributed by atoms with Gasteiger partial charge in [0.25, 0.3) is 0 Å². The molecule has 0 radical (unpaired) electrons. The molecule has 0 unspecified atom stereocenters. The third kappa shape index (κ3) is 4.15. The van der Waals surface area contributed by atoms with Gasteiger partial charge in [0.2, 0.25) is 0 Å². The van der Waals surface area contributed by atoms with Crippen LogP contribution in [0.3, 0.4) is 0 Å². The van der Waals surface area contributed by atoms with Crippen molar-refractivity contribution in [3.63, 3.8) is 0 Å². The molecule has 0 spiro atoms. The Labute approximate surface area is 89.9 Å². The SMILES string of the molecule is CC(C)Cc1ccc(CCCCl)s1. The Morgan fingerprint density at radius 2 is 2.00 bits per heavy atom. The number of thiophene rings is 1. The van der Waals surface area contributed by atoms with E-state index in [1.54, 1.807) is 0 Å². The van der Waals surface area contributed by atoms with Gasteiger partial charge < -0.3 is 0 Å². The molecule has 0 amide bonds. The Morgan fingerprint density at radius 3 is 2.62 bits per heavy atom. The highest BCUT2D eigenvalue weighted by atomic mass is 35.5. The van der Waals surface area contributed by atoms with E-state index in [2.05, 4.69) is 26.0 Å². The zero-order chi connectivity index (χ0) is 9.68. The average molecular weight is 217 g/mol. The van der Waals surface area contributed by atoms with Crippen LogP contribution in [-0.4, -0.2) is 5.88 Å². The average Bonchev–Trinajstić information content (AvgIpc) is 2.48. The molecule has 0 fully saturated rings. The number of alkyl halides is 1. The molecule has 1 rings (SSSR count). The summed E-state index contributed by atoms with van der Waals surface area (Å²) in [6, 6.07) is 4.50. The maximum Gasteiger partial charge on any atom is 0.0226 e. The van der Waals surface area contributed by atoms with Gasteiger partial charge >= 0.3 is 0 Å². The second-order valence-corrected chi connectivity index (χ2v) is 5.39. The van der Waals surface area contributed by atoms with Gasteiger partial charge in [-0.15, -0.1) is 22.9 Å². The lowest BCUT2D eigenvalue weighted by Gasteiger charge is -1.99. The summed E-state index contributed by atoms with van der Waals surface area (Å²) in [4.78, 5) is 3.00. The van der Waals surface area contributed by atoms with E-state index in [1.807, 2.05) is 11.3 Å². The summed E-state index contributed by atoms with van der Waals surface area (Å²) in [6.07, 6.45) is 3.46. The van der Waals surface area contributed by atoms with Crippen molar-refractivity contribution in [2.75, 3.05) is 5.88 Å². The Morgan fingerprint density at radius 1 is 1.31 bits per heavy atom. The first-order chi connectivity index (χ1) is 6.22. The van der Waals surface area contributed by atoms with Gasteiger partial charge in [-0.05, 0) is 37.3 Å². The van der Waals surface area contributed by atoms with E-state index in [-0.39, 0.29) is 0 Å². The van der Waals surface area contributed by atoms with Crippen molar-refractivity contribution in [2.45, 2.75) is 33.1 Å².